The normalized spacial score (nSPS) is 13.9. The number of halogens is 1. The van der Waals surface area contributed by atoms with Crippen LogP contribution in [0.25, 0.3) is 15.9 Å². The monoisotopic (exact) mass is 448 g/mol. The fraction of sp³-hybridized carbons (Fsp3) is 0.280. The Bertz CT molecular complexity index is 1300. The number of hydrogen-bond acceptors (Lipinski definition) is 5. The molecule has 0 unspecified atom stereocenters. The van der Waals surface area contributed by atoms with E-state index in [1.165, 1.54) is 22.6 Å². The van der Waals surface area contributed by atoms with Gasteiger partial charge >= 0.3 is 0 Å². The van der Waals surface area contributed by atoms with Gasteiger partial charge in [-0.3, -0.25) is 9.69 Å². The van der Waals surface area contributed by atoms with Crippen molar-refractivity contribution in [1.82, 2.24) is 14.5 Å². The summed E-state index contributed by atoms with van der Waals surface area (Å²) < 4.78 is 15.1. The number of aromatic nitrogens is 2. The molecule has 4 aromatic rings. The van der Waals surface area contributed by atoms with Gasteiger partial charge in [-0.2, -0.15) is 0 Å². The highest BCUT2D eigenvalue weighted by Gasteiger charge is 2.25. The van der Waals surface area contributed by atoms with Crippen LogP contribution in [0.1, 0.15) is 29.3 Å². The molecule has 0 amide bonds. The van der Waals surface area contributed by atoms with Crippen molar-refractivity contribution in [3.05, 3.63) is 86.8 Å². The van der Waals surface area contributed by atoms with E-state index < -0.39 is 0 Å². The van der Waals surface area contributed by atoms with Crippen LogP contribution in [-0.4, -0.2) is 27.5 Å². The molecule has 2 aromatic heterocycles. The first-order valence-corrected chi connectivity index (χ1v) is 11.8. The summed E-state index contributed by atoms with van der Waals surface area (Å²) in [5, 5.41) is 3.99. The van der Waals surface area contributed by atoms with Gasteiger partial charge < -0.3 is 5.32 Å². The maximum atomic E-state index is 13.7. The van der Waals surface area contributed by atoms with Crippen molar-refractivity contribution in [3.8, 4) is 5.69 Å². The molecule has 0 radical (unpaired) electrons. The minimum absolute atomic E-state index is 0.0887. The third-order valence-electron chi connectivity index (χ3n) is 5.82. The average molecular weight is 449 g/mol. The van der Waals surface area contributed by atoms with Gasteiger partial charge in [0.25, 0.3) is 5.56 Å². The van der Waals surface area contributed by atoms with E-state index in [4.69, 9.17) is 4.98 Å². The van der Waals surface area contributed by atoms with Crippen molar-refractivity contribution in [3.63, 3.8) is 0 Å². The molecule has 5 rings (SSSR count). The first-order chi connectivity index (χ1) is 15.6. The lowest BCUT2D eigenvalue weighted by Crippen LogP contribution is -2.30. The molecule has 7 heteroatoms. The molecule has 1 aliphatic rings. The van der Waals surface area contributed by atoms with Gasteiger partial charge in [0.15, 0.2) is 0 Å². The number of benzene rings is 2. The van der Waals surface area contributed by atoms with Gasteiger partial charge in [-0.1, -0.05) is 37.3 Å². The van der Waals surface area contributed by atoms with E-state index >= 15 is 0 Å². The zero-order valence-electron chi connectivity index (χ0n) is 18.0. The molecule has 0 saturated carbocycles. The highest BCUT2D eigenvalue weighted by atomic mass is 32.1. The van der Waals surface area contributed by atoms with Crippen LogP contribution in [0.4, 0.5) is 10.3 Å². The quantitative estimate of drug-likeness (QED) is 0.453. The smallest absolute Gasteiger partial charge is 0.268 e. The Morgan fingerprint density at radius 1 is 1.12 bits per heavy atom. The molecule has 3 heterocycles. The molecule has 32 heavy (non-hydrogen) atoms. The Balaban J connectivity index is 1.56. The lowest BCUT2D eigenvalue weighted by molar-refractivity contribution is 0.249. The third kappa shape index (κ3) is 3.94. The number of thiophene rings is 1. The standard InChI is InChI=1S/C25H25FN4OS/c1-2-13-27-25-28-23-22(24(31)30(25)19-10-8-18(26)9-11-19)20-12-14-29(16-21(20)32-23)15-17-6-4-3-5-7-17/h3-11H,2,12-16H2,1H3,(H,27,28). The highest BCUT2D eigenvalue weighted by molar-refractivity contribution is 7.18. The number of fused-ring (bicyclic) bond motifs is 3. The number of rotatable bonds is 6. The molecule has 0 fully saturated rings. The van der Waals surface area contributed by atoms with E-state index in [9.17, 15) is 9.18 Å². The van der Waals surface area contributed by atoms with Crippen molar-refractivity contribution in [2.45, 2.75) is 32.9 Å². The predicted molar refractivity (Wildman–Crippen MR) is 128 cm³/mol. The molecule has 0 bridgehead atoms. The van der Waals surface area contributed by atoms with Gasteiger partial charge in [0.2, 0.25) is 5.95 Å². The average Bonchev–Trinajstić information content (AvgIpc) is 3.17. The molecule has 1 N–H and O–H groups in total. The van der Waals surface area contributed by atoms with Crippen LogP contribution in [-0.2, 0) is 19.5 Å². The lowest BCUT2D eigenvalue weighted by Gasteiger charge is -2.26. The van der Waals surface area contributed by atoms with Gasteiger partial charge in [-0.25, -0.2) is 13.9 Å². The van der Waals surface area contributed by atoms with Crippen LogP contribution >= 0.6 is 11.3 Å². The van der Waals surface area contributed by atoms with Crippen LogP contribution in [0, 0.1) is 5.82 Å². The van der Waals surface area contributed by atoms with Crippen LogP contribution < -0.4 is 10.9 Å². The molecule has 0 atom stereocenters. The molecule has 2 aromatic carbocycles. The molecule has 0 saturated heterocycles. The van der Waals surface area contributed by atoms with E-state index in [0.717, 1.165) is 42.9 Å². The van der Waals surface area contributed by atoms with Crippen LogP contribution in [0.3, 0.4) is 0 Å². The fourth-order valence-corrected chi connectivity index (χ4v) is 5.51. The summed E-state index contributed by atoms with van der Waals surface area (Å²) in [7, 11) is 0. The summed E-state index contributed by atoms with van der Waals surface area (Å²) >= 11 is 1.62. The van der Waals surface area contributed by atoms with Gasteiger partial charge in [0.05, 0.1) is 11.1 Å². The topological polar surface area (TPSA) is 50.2 Å². The summed E-state index contributed by atoms with van der Waals surface area (Å²) in [6, 6.07) is 16.5. The highest BCUT2D eigenvalue weighted by Crippen LogP contribution is 2.34. The minimum atomic E-state index is -0.328. The molecule has 0 spiro atoms. The second kappa shape index (κ2) is 8.84. The predicted octanol–water partition coefficient (Wildman–Crippen LogP) is 4.97. The Hall–Kier alpha value is -3.03. The number of hydrogen-bond donors (Lipinski definition) is 1. The Kier molecular flexibility index (Phi) is 5.76. The van der Waals surface area contributed by atoms with Crippen LogP contribution in [0.5, 0.6) is 0 Å². The maximum Gasteiger partial charge on any atom is 0.268 e. The maximum absolute atomic E-state index is 13.7. The van der Waals surface area contributed by atoms with Gasteiger partial charge in [0, 0.05) is 31.1 Å². The van der Waals surface area contributed by atoms with Crippen molar-refractivity contribution >= 4 is 27.5 Å². The van der Waals surface area contributed by atoms with Crippen molar-refractivity contribution in [1.29, 1.82) is 0 Å². The Morgan fingerprint density at radius 3 is 2.66 bits per heavy atom. The largest absolute Gasteiger partial charge is 0.355 e. The molecule has 0 aliphatic carbocycles. The molecule has 5 nitrogen and oxygen atoms in total. The Morgan fingerprint density at radius 2 is 1.91 bits per heavy atom. The van der Waals surface area contributed by atoms with Gasteiger partial charge in [0.1, 0.15) is 10.6 Å². The van der Waals surface area contributed by atoms with Crippen molar-refractivity contribution in [2.75, 3.05) is 18.4 Å². The number of nitrogens with zero attached hydrogens (tertiary/aromatic N) is 3. The SMILES string of the molecule is CCCNc1nc2sc3c(c2c(=O)n1-c1ccc(F)cc1)CCN(Cc1ccccc1)C3. The molecular weight excluding hydrogens is 423 g/mol. The first-order valence-electron chi connectivity index (χ1n) is 11.0. The minimum Gasteiger partial charge on any atom is -0.355 e. The second-order valence-electron chi connectivity index (χ2n) is 8.11. The summed E-state index contributed by atoms with van der Waals surface area (Å²) in [6.45, 7) is 5.38. The fourth-order valence-electron chi connectivity index (χ4n) is 4.26. The van der Waals surface area contributed by atoms with Crippen molar-refractivity contribution < 1.29 is 4.39 Å². The zero-order chi connectivity index (χ0) is 22.1. The van der Waals surface area contributed by atoms with E-state index in [-0.39, 0.29) is 11.4 Å². The van der Waals surface area contributed by atoms with Gasteiger partial charge in [-0.05, 0) is 48.2 Å². The molecule has 1 aliphatic heterocycles. The first kappa shape index (κ1) is 20.8. The summed E-state index contributed by atoms with van der Waals surface area (Å²) in [4.78, 5) is 22.9. The Labute approximate surface area is 190 Å². The van der Waals surface area contributed by atoms with Crippen molar-refractivity contribution in [2.24, 2.45) is 0 Å². The molecular formula is C25H25FN4OS. The third-order valence-corrected chi connectivity index (χ3v) is 6.93. The van der Waals surface area contributed by atoms with E-state index in [2.05, 4.69) is 41.4 Å². The van der Waals surface area contributed by atoms with E-state index in [1.807, 2.05) is 6.07 Å². The van der Waals surface area contributed by atoms with E-state index in [0.29, 0.717) is 23.6 Å². The summed E-state index contributed by atoms with van der Waals surface area (Å²) in [5.41, 5.74) is 2.93. The number of nitrogens with one attached hydrogen (secondary N) is 1. The number of anilines is 1. The zero-order valence-corrected chi connectivity index (χ0v) is 18.8. The van der Waals surface area contributed by atoms with Gasteiger partial charge in [-0.15, -0.1) is 11.3 Å². The molecule has 164 valence electrons. The van der Waals surface area contributed by atoms with Crippen LogP contribution in [0.15, 0.2) is 59.4 Å². The lowest BCUT2D eigenvalue weighted by atomic mass is 10.0. The summed E-state index contributed by atoms with van der Waals surface area (Å²) in [5.74, 6) is 0.182. The van der Waals surface area contributed by atoms with E-state index in [1.54, 1.807) is 28.0 Å². The summed E-state index contributed by atoms with van der Waals surface area (Å²) in [6.07, 6.45) is 1.73. The second-order valence-corrected chi connectivity index (χ2v) is 9.19. The van der Waals surface area contributed by atoms with Crippen LogP contribution in [0.2, 0.25) is 0 Å².